The van der Waals surface area contributed by atoms with E-state index < -0.39 is 5.97 Å². The van der Waals surface area contributed by atoms with Gasteiger partial charge in [-0.1, -0.05) is 11.6 Å². The van der Waals surface area contributed by atoms with E-state index in [4.69, 9.17) is 16.3 Å². The quantitative estimate of drug-likeness (QED) is 0.791. The third kappa shape index (κ3) is 2.48. The van der Waals surface area contributed by atoms with E-state index in [1.807, 2.05) is 0 Å². The number of hydrogen-bond donors (Lipinski definition) is 0. The maximum Gasteiger partial charge on any atom is 0.339 e. The van der Waals surface area contributed by atoms with Crippen LogP contribution >= 0.6 is 11.6 Å². The van der Waals surface area contributed by atoms with Gasteiger partial charge < -0.3 is 9.64 Å². The van der Waals surface area contributed by atoms with Gasteiger partial charge in [-0.25, -0.2) is 4.79 Å². The summed E-state index contributed by atoms with van der Waals surface area (Å²) in [5.74, 6) is -0.350. The van der Waals surface area contributed by atoms with E-state index in [-0.39, 0.29) is 5.91 Å². The lowest BCUT2D eigenvalue weighted by atomic mass is 10.2. The van der Waals surface area contributed by atoms with Gasteiger partial charge in [-0.05, 0) is 31.5 Å². The number of halogens is 1. The van der Waals surface area contributed by atoms with Gasteiger partial charge in [-0.2, -0.15) is 0 Å². The van der Waals surface area contributed by atoms with E-state index in [0.29, 0.717) is 30.2 Å². The number of hydrogen-bond acceptors (Lipinski definition) is 3. The number of ether oxygens (including phenoxy) is 1. The summed E-state index contributed by atoms with van der Waals surface area (Å²) in [4.78, 5) is 24.9. The first-order chi connectivity index (χ1) is 8.63. The molecule has 1 aromatic rings. The number of carbonyl (C=O) groups excluding carboxylic acids is 2. The lowest BCUT2D eigenvalue weighted by Gasteiger charge is -2.16. The summed E-state index contributed by atoms with van der Waals surface area (Å²) in [5.41, 5.74) is 1.06. The standard InChI is InChI=1S/C13H14ClNO3/c1-2-18-13(17)10-6-5-9(8-11(10)14)15-7-3-4-12(15)16/h5-6,8H,2-4,7H2,1H3. The first kappa shape index (κ1) is 12.9. The zero-order chi connectivity index (χ0) is 13.1. The highest BCUT2D eigenvalue weighted by Crippen LogP contribution is 2.27. The minimum Gasteiger partial charge on any atom is -0.462 e. The van der Waals surface area contributed by atoms with Gasteiger partial charge in [0.15, 0.2) is 0 Å². The molecule has 1 aliphatic rings. The van der Waals surface area contributed by atoms with Crippen molar-refractivity contribution >= 4 is 29.2 Å². The molecule has 0 atom stereocenters. The molecule has 0 radical (unpaired) electrons. The second-order valence-corrected chi connectivity index (χ2v) is 4.44. The molecule has 0 bridgehead atoms. The monoisotopic (exact) mass is 267 g/mol. The molecule has 1 aromatic carbocycles. The second kappa shape index (κ2) is 5.40. The molecule has 1 aliphatic heterocycles. The van der Waals surface area contributed by atoms with Crippen LogP contribution in [0.4, 0.5) is 5.69 Å². The van der Waals surface area contributed by atoms with E-state index in [0.717, 1.165) is 12.1 Å². The maximum atomic E-state index is 11.6. The van der Waals surface area contributed by atoms with Gasteiger partial charge in [-0.15, -0.1) is 0 Å². The van der Waals surface area contributed by atoms with Crippen LogP contribution in [0.2, 0.25) is 5.02 Å². The van der Waals surface area contributed by atoms with Crippen molar-refractivity contribution < 1.29 is 14.3 Å². The van der Waals surface area contributed by atoms with E-state index in [1.54, 1.807) is 30.0 Å². The molecule has 1 heterocycles. The largest absolute Gasteiger partial charge is 0.462 e. The Bertz CT molecular complexity index is 487. The Balaban J connectivity index is 2.24. The van der Waals surface area contributed by atoms with Gasteiger partial charge in [-0.3, -0.25) is 4.79 Å². The Morgan fingerprint density at radius 2 is 2.28 bits per heavy atom. The van der Waals surface area contributed by atoms with E-state index in [9.17, 15) is 9.59 Å². The van der Waals surface area contributed by atoms with Crippen LogP contribution < -0.4 is 4.90 Å². The summed E-state index contributed by atoms with van der Waals surface area (Å²) in [6.07, 6.45) is 1.42. The Hall–Kier alpha value is -1.55. The van der Waals surface area contributed by atoms with Crippen molar-refractivity contribution in [2.45, 2.75) is 19.8 Å². The molecular weight excluding hydrogens is 254 g/mol. The van der Waals surface area contributed by atoms with Gasteiger partial charge in [0.2, 0.25) is 5.91 Å². The Morgan fingerprint density at radius 1 is 1.50 bits per heavy atom. The molecule has 2 rings (SSSR count). The average Bonchev–Trinajstić information content (AvgIpc) is 2.75. The Kier molecular flexibility index (Phi) is 3.87. The highest BCUT2D eigenvalue weighted by Gasteiger charge is 2.23. The molecule has 96 valence electrons. The second-order valence-electron chi connectivity index (χ2n) is 4.03. The molecule has 0 N–H and O–H groups in total. The number of carbonyl (C=O) groups is 2. The van der Waals surface area contributed by atoms with Crippen LogP contribution in [0.1, 0.15) is 30.1 Å². The third-order valence-corrected chi connectivity index (χ3v) is 3.15. The predicted octanol–water partition coefficient (Wildman–Crippen LogP) is 2.64. The van der Waals surface area contributed by atoms with Crippen molar-refractivity contribution in [2.24, 2.45) is 0 Å². The maximum absolute atomic E-state index is 11.6. The first-order valence-electron chi connectivity index (χ1n) is 5.90. The molecule has 1 fully saturated rings. The van der Waals surface area contributed by atoms with Crippen LogP contribution in [0.5, 0.6) is 0 Å². The fraction of sp³-hybridized carbons (Fsp3) is 0.385. The zero-order valence-electron chi connectivity index (χ0n) is 10.1. The Morgan fingerprint density at radius 3 is 2.83 bits per heavy atom. The van der Waals surface area contributed by atoms with Crippen molar-refractivity contribution in [1.29, 1.82) is 0 Å². The van der Waals surface area contributed by atoms with Crippen LogP contribution in [-0.2, 0) is 9.53 Å². The smallest absolute Gasteiger partial charge is 0.339 e. The van der Waals surface area contributed by atoms with Crippen molar-refractivity contribution in [3.8, 4) is 0 Å². The van der Waals surface area contributed by atoms with E-state index in [2.05, 4.69) is 0 Å². The molecule has 5 heteroatoms. The molecule has 4 nitrogen and oxygen atoms in total. The van der Waals surface area contributed by atoms with Crippen molar-refractivity contribution in [1.82, 2.24) is 0 Å². The SMILES string of the molecule is CCOC(=O)c1ccc(N2CCCC2=O)cc1Cl. The third-order valence-electron chi connectivity index (χ3n) is 2.83. The van der Waals surface area contributed by atoms with Gasteiger partial charge in [0.05, 0.1) is 17.2 Å². The fourth-order valence-electron chi connectivity index (χ4n) is 1.97. The van der Waals surface area contributed by atoms with E-state index in [1.165, 1.54) is 0 Å². The predicted molar refractivity (Wildman–Crippen MR) is 69.0 cm³/mol. The number of esters is 1. The number of nitrogens with zero attached hydrogens (tertiary/aromatic N) is 1. The molecule has 1 saturated heterocycles. The average molecular weight is 268 g/mol. The van der Waals surface area contributed by atoms with Gasteiger partial charge >= 0.3 is 5.97 Å². The molecule has 18 heavy (non-hydrogen) atoms. The highest BCUT2D eigenvalue weighted by atomic mass is 35.5. The summed E-state index contributed by atoms with van der Waals surface area (Å²) in [6, 6.07) is 4.96. The molecule has 1 amide bonds. The summed E-state index contributed by atoms with van der Waals surface area (Å²) in [7, 11) is 0. The number of rotatable bonds is 3. The highest BCUT2D eigenvalue weighted by molar-refractivity contribution is 6.34. The van der Waals surface area contributed by atoms with Crippen molar-refractivity contribution in [2.75, 3.05) is 18.1 Å². The molecule has 0 unspecified atom stereocenters. The summed E-state index contributed by atoms with van der Waals surface area (Å²) >= 11 is 6.05. The molecule has 0 aromatic heterocycles. The number of benzene rings is 1. The molecule has 0 saturated carbocycles. The summed E-state index contributed by atoms with van der Waals surface area (Å²) < 4.78 is 4.89. The minimum atomic E-state index is -0.443. The van der Waals surface area contributed by atoms with Crippen LogP contribution in [0, 0.1) is 0 Å². The lowest BCUT2D eigenvalue weighted by Crippen LogP contribution is -2.23. The van der Waals surface area contributed by atoms with Crippen LogP contribution in [0.25, 0.3) is 0 Å². The normalized spacial score (nSPS) is 15.0. The van der Waals surface area contributed by atoms with Crippen molar-refractivity contribution in [3.05, 3.63) is 28.8 Å². The summed E-state index contributed by atoms with van der Waals surface area (Å²) in [5, 5.41) is 0.311. The van der Waals surface area contributed by atoms with Gasteiger partial charge in [0.25, 0.3) is 0 Å². The van der Waals surface area contributed by atoms with E-state index >= 15 is 0 Å². The minimum absolute atomic E-state index is 0.0925. The lowest BCUT2D eigenvalue weighted by molar-refractivity contribution is -0.117. The number of amides is 1. The topological polar surface area (TPSA) is 46.6 Å². The molecular formula is C13H14ClNO3. The molecule has 0 aliphatic carbocycles. The van der Waals surface area contributed by atoms with Gasteiger partial charge in [0.1, 0.15) is 0 Å². The number of anilines is 1. The molecule has 0 spiro atoms. The van der Waals surface area contributed by atoms with Crippen LogP contribution in [0.15, 0.2) is 18.2 Å². The Labute approximate surface area is 110 Å². The van der Waals surface area contributed by atoms with Crippen LogP contribution in [-0.4, -0.2) is 25.0 Å². The zero-order valence-corrected chi connectivity index (χ0v) is 10.9. The first-order valence-corrected chi connectivity index (χ1v) is 6.28. The van der Waals surface area contributed by atoms with Crippen LogP contribution in [0.3, 0.4) is 0 Å². The van der Waals surface area contributed by atoms with Gasteiger partial charge in [0, 0.05) is 18.7 Å². The summed E-state index contributed by atoms with van der Waals surface area (Å²) in [6.45, 7) is 2.75. The fourth-order valence-corrected chi connectivity index (χ4v) is 2.22. The van der Waals surface area contributed by atoms with Crippen molar-refractivity contribution in [3.63, 3.8) is 0 Å².